The molecule has 0 aromatic carbocycles. The van der Waals surface area contributed by atoms with Gasteiger partial charge in [-0.1, -0.05) is 6.07 Å². The van der Waals surface area contributed by atoms with E-state index in [0.717, 1.165) is 16.1 Å². The van der Waals surface area contributed by atoms with Gasteiger partial charge in [-0.2, -0.15) is 4.37 Å². The fourth-order valence-corrected chi connectivity index (χ4v) is 3.17. The highest BCUT2D eigenvalue weighted by Gasteiger charge is 2.18. The van der Waals surface area contributed by atoms with Crippen LogP contribution in [0.4, 0.5) is 10.8 Å². The molecule has 2 heterocycles. The minimum Gasteiger partial charge on any atom is -0.382 e. The Kier molecular flexibility index (Phi) is 4.24. The minimum absolute atomic E-state index is 0.0911. The zero-order valence-corrected chi connectivity index (χ0v) is 12.9. The number of sulfone groups is 1. The predicted molar refractivity (Wildman–Crippen MR) is 82.7 cm³/mol. The predicted octanol–water partition coefficient (Wildman–Crippen LogP) is 1.27. The van der Waals surface area contributed by atoms with Crippen molar-refractivity contribution >= 4 is 32.2 Å². The number of nitrogen functional groups attached to an aromatic ring is 1. The lowest BCUT2D eigenvalue weighted by Gasteiger charge is -2.18. The van der Waals surface area contributed by atoms with Crippen molar-refractivity contribution in [2.45, 2.75) is 0 Å². The molecule has 0 radical (unpaired) electrons. The average Bonchev–Trinajstić information content (AvgIpc) is 2.78. The summed E-state index contributed by atoms with van der Waals surface area (Å²) in [7, 11) is -1.17. The molecule has 0 unspecified atom stereocenters. The van der Waals surface area contributed by atoms with Gasteiger partial charge in [0, 0.05) is 37.8 Å². The Hall–Kier alpha value is -1.67. The molecule has 0 amide bonds. The molecule has 6 nitrogen and oxygen atoms in total. The topological polar surface area (TPSA) is 89.2 Å². The number of aromatic nitrogens is 2. The first kappa shape index (κ1) is 14.7. The summed E-state index contributed by atoms with van der Waals surface area (Å²) in [5, 5.41) is 0.846. The van der Waals surface area contributed by atoms with Crippen LogP contribution in [0.2, 0.25) is 0 Å². The third-order valence-electron chi connectivity index (χ3n) is 2.79. The van der Waals surface area contributed by atoms with Crippen LogP contribution in [-0.4, -0.2) is 43.4 Å². The van der Waals surface area contributed by atoms with E-state index in [2.05, 4.69) is 9.36 Å². The monoisotopic (exact) mass is 312 g/mol. The van der Waals surface area contributed by atoms with Gasteiger partial charge in [0.25, 0.3) is 0 Å². The number of hydrogen-bond acceptors (Lipinski definition) is 7. The number of rotatable bonds is 5. The Balaban J connectivity index is 2.30. The van der Waals surface area contributed by atoms with Crippen LogP contribution in [0.5, 0.6) is 0 Å². The van der Waals surface area contributed by atoms with Crippen molar-refractivity contribution in [3.63, 3.8) is 0 Å². The first-order valence-electron chi connectivity index (χ1n) is 5.93. The van der Waals surface area contributed by atoms with E-state index < -0.39 is 9.84 Å². The van der Waals surface area contributed by atoms with Crippen molar-refractivity contribution in [2.24, 2.45) is 0 Å². The smallest absolute Gasteiger partial charge is 0.149 e. The third kappa shape index (κ3) is 3.45. The molecule has 0 saturated carbocycles. The molecule has 0 aliphatic carbocycles. The summed E-state index contributed by atoms with van der Waals surface area (Å²) in [6, 6.07) is 3.73. The quantitative estimate of drug-likeness (QED) is 0.894. The number of hydrogen-bond donors (Lipinski definition) is 1. The second-order valence-electron chi connectivity index (χ2n) is 4.54. The molecule has 20 heavy (non-hydrogen) atoms. The molecule has 0 bridgehead atoms. The molecule has 0 spiro atoms. The standard InChI is InChI=1S/C12H16N4O2S2/c1-16(6-7-20(2,17)18)12-10(11(13)15-19-12)9-4-3-5-14-8-9/h3-5,8H,6-7H2,1-2H3,(H2,13,15). The molecule has 8 heteroatoms. The van der Waals surface area contributed by atoms with Crippen molar-refractivity contribution in [3.8, 4) is 11.1 Å². The zero-order valence-electron chi connectivity index (χ0n) is 11.3. The summed E-state index contributed by atoms with van der Waals surface area (Å²) in [4.78, 5) is 5.93. The number of nitrogens with zero attached hydrogens (tertiary/aromatic N) is 3. The molecule has 2 rings (SSSR count). The number of anilines is 2. The van der Waals surface area contributed by atoms with Crippen molar-refractivity contribution in [3.05, 3.63) is 24.5 Å². The molecule has 108 valence electrons. The molecular weight excluding hydrogens is 296 g/mol. The van der Waals surface area contributed by atoms with Crippen molar-refractivity contribution < 1.29 is 8.42 Å². The van der Waals surface area contributed by atoms with Gasteiger partial charge < -0.3 is 10.6 Å². The van der Waals surface area contributed by atoms with Gasteiger partial charge in [-0.3, -0.25) is 4.98 Å². The normalized spacial score (nSPS) is 11.5. The Labute approximate surface area is 122 Å². The maximum absolute atomic E-state index is 11.3. The maximum Gasteiger partial charge on any atom is 0.149 e. The third-order valence-corrected chi connectivity index (χ3v) is 4.70. The van der Waals surface area contributed by atoms with Crippen molar-refractivity contribution in [2.75, 3.05) is 36.2 Å². The average molecular weight is 312 g/mol. The summed E-state index contributed by atoms with van der Waals surface area (Å²) >= 11 is 1.26. The molecule has 0 atom stereocenters. The van der Waals surface area contributed by atoms with E-state index >= 15 is 0 Å². The van der Waals surface area contributed by atoms with E-state index in [1.165, 1.54) is 17.8 Å². The van der Waals surface area contributed by atoms with Gasteiger partial charge in [-0.25, -0.2) is 8.42 Å². The zero-order chi connectivity index (χ0) is 14.8. The minimum atomic E-state index is -3.00. The van der Waals surface area contributed by atoms with Crippen LogP contribution in [0.3, 0.4) is 0 Å². The largest absolute Gasteiger partial charge is 0.382 e. The maximum atomic E-state index is 11.3. The summed E-state index contributed by atoms with van der Waals surface area (Å²) in [5.74, 6) is 0.526. The molecule has 2 aromatic heterocycles. The highest BCUT2D eigenvalue weighted by molar-refractivity contribution is 7.90. The Bertz CT molecular complexity index is 683. The van der Waals surface area contributed by atoms with E-state index in [4.69, 9.17) is 5.73 Å². The van der Waals surface area contributed by atoms with Crippen LogP contribution >= 0.6 is 11.5 Å². The molecule has 0 saturated heterocycles. The molecule has 0 aliphatic heterocycles. The second kappa shape index (κ2) is 5.76. The van der Waals surface area contributed by atoms with E-state index in [0.29, 0.717) is 12.4 Å². The lowest BCUT2D eigenvalue weighted by atomic mass is 10.1. The van der Waals surface area contributed by atoms with Crippen LogP contribution in [0, 0.1) is 0 Å². The van der Waals surface area contributed by atoms with Gasteiger partial charge in [-0.05, 0) is 17.6 Å². The van der Waals surface area contributed by atoms with Crippen molar-refractivity contribution in [1.29, 1.82) is 0 Å². The van der Waals surface area contributed by atoms with Gasteiger partial charge in [0.05, 0.1) is 11.3 Å². The Morgan fingerprint density at radius 2 is 2.20 bits per heavy atom. The highest BCUT2D eigenvalue weighted by Crippen LogP contribution is 2.38. The summed E-state index contributed by atoms with van der Waals surface area (Å²) in [6.45, 7) is 0.397. The van der Waals surface area contributed by atoms with Crippen LogP contribution in [0.25, 0.3) is 11.1 Å². The van der Waals surface area contributed by atoms with E-state index in [1.54, 1.807) is 12.4 Å². The number of nitrogens with two attached hydrogens (primary N) is 1. The van der Waals surface area contributed by atoms with Crippen LogP contribution in [0.1, 0.15) is 0 Å². The number of pyridine rings is 1. The van der Waals surface area contributed by atoms with Gasteiger partial charge >= 0.3 is 0 Å². The van der Waals surface area contributed by atoms with Crippen molar-refractivity contribution in [1.82, 2.24) is 9.36 Å². The fourth-order valence-electron chi connectivity index (χ4n) is 1.74. The van der Waals surface area contributed by atoms with Crippen LogP contribution in [0.15, 0.2) is 24.5 Å². The van der Waals surface area contributed by atoms with E-state index in [9.17, 15) is 8.42 Å². The highest BCUT2D eigenvalue weighted by atomic mass is 32.2. The van der Waals surface area contributed by atoms with Gasteiger partial charge in [0.2, 0.25) is 0 Å². The van der Waals surface area contributed by atoms with Gasteiger partial charge in [0.1, 0.15) is 20.7 Å². The second-order valence-corrected chi connectivity index (χ2v) is 7.55. The summed E-state index contributed by atoms with van der Waals surface area (Å²) in [6.07, 6.45) is 4.63. The lowest BCUT2D eigenvalue weighted by Crippen LogP contribution is -2.24. The van der Waals surface area contributed by atoms with Gasteiger partial charge in [-0.15, -0.1) is 0 Å². The van der Waals surface area contributed by atoms with Crippen LogP contribution in [-0.2, 0) is 9.84 Å². The molecule has 2 aromatic rings. The first-order valence-corrected chi connectivity index (χ1v) is 8.76. The first-order chi connectivity index (χ1) is 9.38. The summed E-state index contributed by atoms with van der Waals surface area (Å²) < 4.78 is 26.7. The van der Waals surface area contributed by atoms with Gasteiger partial charge in [0.15, 0.2) is 0 Å². The van der Waals surface area contributed by atoms with Crippen LogP contribution < -0.4 is 10.6 Å². The molecular formula is C12H16N4O2S2. The molecule has 0 fully saturated rings. The SMILES string of the molecule is CN(CCS(C)(=O)=O)c1snc(N)c1-c1cccnc1. The summed E-state index contributed by atoms with van der Waals surface area (Å²) in [5.41, 5.74) is 7.60. The lowest BCUT2D eigenvalue weighted by molar-refractivity contribution is 0.601. The van der Waals surface area contributed by atoms with E-state index in [-0.39, 0.29) is 5.75 Å². The Morgan fingerprint density at radius 1 is 1.45 bits per heavy atom. The van der Waals surface area contributed by atoms with E-state index in [1.807, 2.05) is 24.1 Å². The Morgan fingerprint density at radius 3 is 2.80 bits per heavy atom. The molecule has 0 aliphatic rings. The fraction of sp³-hybridized carbons (Fsp3) is 0.333. The molecule has 2 N–H and O–H groups in total.